The van der Waals surface area contributed by atoms with Crippen molar-refractivity contribution in [2.75, 3.05) is 25.0 Å². The molecule has 3 heterocycles. The lowest BCUT2D eigenvalue weighted by atomic mass is 10.2. The lowest BCUT2D eigenvalue weighted by Gasteiger charge is -2.22. The molecular weight excluding hydrogens is 317 g/mol. The molecule has 1 aliphatic rings. The summed E-state index contributed by atoms with van der Waals surface area (Å²) >= 11 is 0. The van der Waals surface area contributed by atoms with Crippen molar-refractivity contribution in [1.82, 2.24) is 19.9 Å². The predicted octanol–water partition coefficient (Wildman–Crippen LogP) is 0.890. The summed E-state index contributed by atoms with van der Waals surface area (Å²) in [6, 6.07) is 5.56. The summed E-state index contributed by atoms with van der Waals surface area (Å²) in [6.45, 7) is 2.19. The van der Waals surface area contributed by atoms with Gasteiger partial charge in [0.25, 0.3) is 0 Å². The molecule has 1 aliphatic heterocycles. The third kappa shape index (κ3) is 4.28. The first kappa shape index (κ1) is 17.6. The number of nitrogens with one attached hydrogen (secondary N) is 2. The molecule has 1 unspecified atom stereocenters. The van der Waals surface area contributed by atoms with Gasteiger partial charge < -0.3 is 10.1 Å². The molecule has 0 aromatic carbocycles. The number of morpholine rings is 1. The van der Waals surface area contributed by atoms with Gasteiger partial charge >= 0.3 is 0 Å². The van der Waals surface area contributed by atoms with E-state index in [9.17, 15) is 4.79 Å². The molecule has 7 nitrogen and oxygen atoms in total. The Hall–Kier alpha value is -1.41. The van der Waals surface area contributed by atoms with Crippen LogP contribution in [0, 0.1) is 0 Å². The zero-order chi connectivity index (χ0) is 13.1. The van der Waals surface area contributed by atoms with Crippen LogP contribution in [0.25, 0.3) is 5.65 Å². The average molecular weight is 334 g/mol. The van der Waals surface area contributed by atoms with Crippen molar-refractivity contribution in [3.05, 3.63) is 24.4 Å². The number of hydrogen-bond donors (Lipinski definition) is 2. The van der Waals surface area contributed by atoms with Gasteiger partial charge in [-0.3, -0.25) is 14.5 Å². The van der Waals surface area contributed by atoms with Crippen molar-refractivity contribution in [3.8, 4) is 0 Å². The van der Waals surface area contributed by atoms with E-state index in [2.05, 4.69) is 20.8 Å². The van der Waals surface area contributed by atoms with Crippen LogP contribution in [0.2, 0.25) is 0 Å². The van der Waals surface area contributed by atoms with Gasteiger partial charge in [0.05, 0.1) is 19.1 Å². The number of halogens is 2. The van der Waals surface area contributed by atoms with Gasteiger partial charge in [0.1, 0.15) is 0 Å². The van der Waals surface area contributed by atoms with Gasteiger partial charge in [-0.1, -0.05) is 6.07 Å². The maximum atomic E-state index is 11.9. The average Bonchev–Trinajstić information content (AvgIpc) is 2.83. The van der Waals surface area contributed by atoms with Crippen LogP contribution in [0.3, 0.4) is 0 Å². The maximum absolute atomic E-state index is 11.9. The lowest BCUT2D eigenvalue weighted by molar-refractivity contribution is -0.119. The SMILES string of the molecule is Cl.Cl.O=C(CC1CNCCO1)Nc1nnc2ccccn12. The molecule has 1 fully saturated rings. The van der Waals surface area contributed by atoms with Crippen molar-refractivity contribution < 1.29 is 9.53 Å². The minimum Gasteiger partial charge on any atom is -0.375 e. The fourth-order valence-electron chi connectivity index (χ4n) is 2.06. The van der Waals surface area contributed by atoms with Gasteiger partial charge in [0.2, 0.25) is 11.9 Å². The van der Waals surface area contributed by atoms with Gasteiger partial charge in [-0.25, -0.2) is 0 Å². The molecule has 1 amide bonds. The van der Waals surface area contributed by atoms with Crippen molar-refractivity contribution in [2.45, 2.75) is 12.5 Å². The first-order valence-corrected chi connectivity index (χ1v) is 6.25. The topological polar surface area (TPSA) is 80.5 Å². The van der Waals surface area contributed by atoms with Crippen LogP contribution in [0.15, 0.2) is 24.4 Å². The number of amides is 1. The molecule has 0 spiro atoms. The molecule has 21 heavy (non-hydrogen) atoms. The number of carbonyl (C=O) groups is 1. The highest BCUT2D eigenvalue weighted by Gasteiger charge is 2.18. The number of carbonyl (C=O) groups excluding carboxylic acids is 1. The number of anilines is 1. The van der Waals surface area contributed by atoms with Crippen LogP contribution in [-0.2, 0) is 9.53 Å². The van der Waals surface area contributed by atoms with Gasteiger partial charge in [-0.05, 0) is 12.1 Å². The van der Waals surface area contributed by atoms with Gasteiger partial charge in [-0.15, -0.1) is 35.0 Å². The van der Waals surface area contributed by atoms with Crippen LogP contribution in [0.5, 0.6) is 0 Å². The number of fused-ring (bicyclic) bond motifs is 1. The second-order valence-corrected chi connectivity index (χ2v) is 4.40. The maximum Gasteiger partial charge on any atom is 0.235 e. The first-order chi connectivity index (χ1) is 9.33. The Morgan fingerprint density at radius 3 is 3.05 bits per heavy atom. The Morgan fingerprint density at radius 1 is 1.43 bits per heavy atom. The highest BCUT2D eigenvalue weighted by Crippen LogP contribution is 2.09. The Labute approximate surface area is 134 Å². The molecule has 2 N–H and O–H groups in total. The standard InChI is InChI=1S/C12H15N5O2.2ClH/c18-11(7-9-8-13-4-6-19-9)14-12-16-15-10-3-1-2-5-17(10)12;;/h1-3,5,9,13H,4,6-8H2,(H,14,16,18);2*1H. The molecule has 3 rings (SSSR count). The molecule has 0 aliphatic carbocycles. The Bertz CT molecular complexity index is 586. The van der Waals surface area contributed by atoms with E-state index in [1.54, 1.807) is 4.40 Å². The van der Waals surface area contributed by atoms with E-state index in [4.69, 9.17) is 4.74 Å². The van der Waals surface area contributed by atoms with Crippen LogP contribution in [-0.4, -0.2) is 46.3 Å². The van der Waals surface area contributed by atoms with E-state index >= 15 is 0 Å². The van der Waals surface area contributed by atoms with E-state index in [-0.39, 0.29) is 36.8 Å². The molecular formula is C12H17Cl2N5O2. The summed E-state index contributed by atoms with van der Waals surface area (Å²) in [6.07, 6.45) is 2.05. The van der Waals surface area contributed by atoms with E-state index in [0.717, 1.165) is 6.54 Å². The third-order valence-corrected chi connectivity index (χ3v) is 2.98. The van der Waals surface area contributed by atoms with Crippen LogP contribution in [0.4, 0.5) is 5.95 Å². The smallest absolute Gasteiger partial charge is 0.235 e. The van der Waals surface area contributed by atoms with E-state index < -0.39 is 0 Å². The predicted molar refractivity (Wildman–Crippen MR) is 83.3 cm³/mol. The van der Waals surface area contributed by atoms with E-state index in [0.29, 0.717) is 31.2 Å². The quantitative estimate of drug-likeness (QED) is 0.871. The summed E-state index contributed by atoms with van der Waals surface area (Å²) in [5, 5.41) is 13.9. The largest absolute Gasteiger partial charge is 0.375 e. The first-order valence-electron chi connectivity index (χ1n) is 6.25. The Morgan fingerprint density at radius 2 is 2.29 bits per heavy atom. The highest BCUT2D eigenvalue weighted by atomic mass is 35.5. The molecule has 1 atom stereocenters. The summed E-state index contributed by atoms with van der Waals surface area (Å²) in [5.41, 5.74) is 0.702. The number of ether oxygens (including phenoxy) is 1. The molecule has 2 aromatic heterocycles. The lowest BCUT2D eigenvalue weighted by Crippen LogP contribution is -2.40. The third-order valence-electron chi connectivity index (χ3n) is 2.98. The number of hydrogen-bond acceptors (Lipinski definition) is 5. The minimum atomic E-state index is -0.119. The summed E-state index contributed by atoms with van der Waals surface area (Å²) in [4.78, 5) is 11.9. The molecule has 116 valence electrons. The van der Waals surface area contributed by atoms with Crippen molar-refractivity contribution in [1.29, 1.82) is 0 Å². The van der Waals surface area contributed by atoms with Crippen LogP contribution < -0.4 is 10.6 Å². The van der Waals surface area contributed by atoms with Crippen molar-refractivity contribution >= 4 is 42.3 Å². The Kier molecular flexibility index (Phi) is 6.83. The molecule has 0 radical (unpaired) electrons. The van der Waals surface area contributed by atoms with Crippen LogP contribution >= 0.6 is 24.8 Å². The molecule has 1 saturated heterocycles. The fourth-order valence-corrected chi connectivity index (χ4v) is 2.06. The number of nitrogens with zero attached hydrogens (tertiary/aromatic N) is 3. The summed E-state index contributed by atoms with van der Waals surface area (Å²) < 4.78 is 7.22. The minimum absolute atomic E-state index is 0. The van der Waals surface area contributed by atoms with Gasteiger partial charge in [0.15, 0.2) is 5.65 Å². The van der Waals surface area contributed by atoms with E-state index in [1.807, 2.05) is 24.4 Å². The number of rotatable bonds is 3. The Balaban J connectivity index is 0.00000110. The molecule has 2 aromatic rings. The van der Waals surface area contributed by atoms with E-state index in [1.165, 1.54) is 0 Å². The zero-order valence-corrected chi connectivity index (χ0v) is 12.8. The summed E-state index contributed by atoms with van der Waals surface area (Å²) in [7, 11) is 0. The molecule has 0 bridgehead atoms. The summed E-state index contributed by atoms with van der Waals surface area (Å²) in [5.74, 6) is 0.316. The molecule has 0 saturated carbocycles. The van der Waals surface area contributed by atoms with Crippen molar-refractivity contribution in [3.63, 3.8) is 0 Å². The normalized spacial score (nSPS) is 17.6. The van der Waals surface area contributed by atoms with Gasteiger partial charge in [-0.2, -0.15) is 0 Å². The van der Waals surface area contributed by atoms with Crippen molar-refractivity contribution in [2.24, 2.45) is 0 Å². The second kappa shape index (κ2) is 8.14. The highest BCUT2D eigenvalue weighted by molar-refractivity contribution is 5.89. The monoisotopic (exact) mass is 333 g/mol. The second-order valence-electron chi connectivity index (χ2n) is 4.40. The van der Waals surface area contributed by atoms with Gasteiger partial charge in [0, 0.05) is 19.3 Å². The number of pyridine rings is 1. The van der Waals surface area contributed by atoms with Crippen LogP contribution in [0.1, 0.15) is 6.42 Å². The zero-order valence-electron chi connectivity index (χ0n) is 11.2. The number of aromatic nitrogens is 3. The molecule has 9 heteroatoms. The fraction of sp³-hybridized carbons (Fsp3) is 0.417.